The maximum absolute atomic E-state index is 2.18. The van der Waals surface area contributed by atoms with Crippen molar-refractivity contribution in [3.05, 3.63) is 66.3 Å². The van der Waals surface area contributed by atoms with Crippen LogP contribution < -0.4 is 0 Å². The van der Waals surface area contributed by atoms with Crippen molar-refractivity contribution in [3.8, 4) is 0 Å². The number of hydrogen-bond donors (Lipinski definition) is 0. The molecule has 0 heteroatoms. The van der Waals surface area contributed by atoms with E-state index in [1.165, 1.54) is 21.9 Å². The van der Waals surface area contributed by atoms with Crippen LogP contribution in [0.4, 0.5) is 0 Å². The first-order valence-electron chi connectivity index (χ1n) is 7.64. The first kappa shape index (κ1) is 25.2. The normalized spacial score (nSPS) is 9.64. The van der Waals surface area contributed by atoms with Crippen molar-refractivity contribution in [1.82, 2.24) is 0 Å². The fraction of sp³-hybridized carbons (Fsp3) is 0.364. The van der Waals surface area contributed by atoms with Gasteiger partial charge in [-0.3, -0.25) is 0 Å². The van der Waals surface area contributed by atoms with Crippen LogP contribution >= 0.6 is 0 Å². The number of allylic oxidation sites excluding steroid dienone is 4. The summed E-state index contributed by atoms with van der Waals surface area (Å²) >= 11 is 0. The van der Waals surface area contributed by atoms with Crippen LogP contribution in [0.2, 0.25) is 0 Å². The van der Waals surface area contributed by atoms with E-state index >= 15 is 0 Å². The van der Waals surface area contributed by atoms with Crippen molar-refractivity contribution < 1.29 is 0 Å². The molecule has 0 saturated heterocycles. The van der Waals surface area contributed by atoms with Crippen molar-refractivity contribution in [2.75, 3.05) is 0 Å². The molecule has 0 heterocycles. The quantitative estimate of drug-likeness (QED) is 0.491. The first-order valence-corrected chi connectivity index (χ1v) is 7.64. The summed E-state index contributed by atoms with van der Waals surface area (Å²) in [7, 11) is 0. The van der Waals surface area contributed by atoms with Gasteiger partial charge in [0.1, 0.15) is 0 Å². The molecule has 0 fully saturated rings. The Morgan fingerprint density at radius 1 is 0.773 bits per heavy atom. The molecule has 0 aliphatic heterocycles. The second-order valence-corrected chi connectivity index (χ2v) is 3.77. The molecule has 2 rings (SSSR count). The Bertz CT molecular complexity index is 539. The predicted molar refractivity (Wildman–Crippen MR) is 109 cm³/mol. The Morgan fingerprint density at radius 2 is 1.32 bits per heavy atom. The topological polar surface area (TPSA) is 0 Å². The zero-order chi connectivity index (χ0) is 15.4. The lowest BCUT2D eigenvalue weighted by Crippen LogP contribution is -1.83. The third-order valence-corrected chi connectivity index (χ3v) is 2.76. The van der Waals surface area contributed by atoms with Crippen molar-refractivity contribution in [3.63, 3.8) is 0 Å². The van der Waals surface area contributed by atoms with E-state index in [-0.39, 0.29) is 14.9 Å². The molecule has 0 spiro atoms. The first-order chi connectivity index (χ1) is 9.86. The summed E-state index contributed by atoms with van der Waals surface area (Å²) < 4.78 is 0. The monoisotopic (exact) mass is 300 g/mol. The number of fused-ring (bicyclic) bond motifs is 1. The minimum Gasteiger partial charge on any atom is -0.0871 e. The molecule has 2 aromatic rings. The highest BCUT2D eigenvalue weighted by molar-refractivity contribution is 5.95. The zero-order valence-electron chi connectivity index (χ0n) is 13.8. The van der Waals surface area contributed by atoms with E-state index in [9.17, 15) is 0 Å². The van der Waals surface area contributed by atoms with E-state index in [2.05, 4.69) is 74.5 Å². The summed E-state index contributed by atoms with van der Waals surface area (Å²) in [5.41, 5.74) is 2.58. The number of benzene rings is 2. The van der Waals surface area contributed by atoms with Crippen molar-refractivity contribution in [1.29, 1.82) is 0 Å². The Morgan fingerprint density at radius 3 is 1.86 bits per heavy atom. The van der Waals surface area contributed by atoms with E-state index in [1.54, 1.807) is 0 Å². The van der Waals surface area contributed by atoms with Gasteiger partial charge in [0.15, 0.2) is 0 Å². The van der Waals surface area contributed by atoms with Gasteiger partial charge in [0.05, 0.1) is 0 Å². The van der Waals surface area contributed by atoms with Gasteiger partial charge >= 0.3 is 0 Å². The fourth-order valence-electron chi connectivity index (χ4n) is 2.00. The fourth-order valence-corrected chi connectivity index (χ4v) is 2.00. The molecule has 0 aliphatic carbocycles. The SMILES string of the molecule is C.C.C/C=C\C(=C/C)c1cccc2ccccc12.CC.CC. The van der Waals surface area contributed by atoms with Gasteiger partial charge in [-0.15, -0.1) is 0 Å². The summed E-state index contributed by atoms with van der Waals surface area (Å²) in [4.78, 5) is 0. The molecular weight excluding hydrogens is 264 g/mol. The summed E-state index contributed by atoms with van der Waals surface area (Å²) in [5, 5.41) is 2.61. The Hall–Kier alpha value is -1.82. The molecule has 0 nitrogen and oxygen atoms in total. The van der Waals surface area contributed by atoms with Crippen molar-refractivity contribution in [2.45, 2.75) is 56.4 Å². The van der Waals surface area contributed by atoms with Gasteiger partial charge in [0, 0.05) is 0 Å². The lowest BCUT2D eigenvalue weighted by molar-refractivity contribution is 1.50. The molecule has 0 aromatic heterocycles. The summed E-state index contributed by atoms with van der Waals surface area (Å²) in [6, 6.07) is 15.0. The zero-order valence-corrected chi connectivity index (χ0v) is 13.8. The van der Waals surface area contributed by atoms with Gasteiger partial charge in [0.25, 0.3) is 0 Å². The maximum Gasteiger partial charge on any atom is -0.0106 e. The van der Waals surface area contributed by atoms with E-state index in [4.69, 9.17) is 0 Å². The van der Waals surface area contributed by atoms with Crippen LogP contribution in [0.3, 0.4) is 0 Å². The number of rotatable bonds is 2. The Balaban J connectivity index is -0.000000557. The molecule has 2 aromatic carbocycles. The Kier molecular flexibility index (Phi) is 17.8. The third kappa shape index (κ3) is 6.76. The van der Waals surface area contributed by atoms with Crippen LogP contribution in [0.15, 0.2) is 60.7 Å². The Labute approximate surface area is 139 Å². The van der Waals surface area contributed by atoms with Gasteiger partial charge in [0.2, 0.25) is 0 Å². The van der Waals surface area contributed by atoms with Gasteiger partial charge in [-0.05, 0) is 35.8 Å². The van der Waals surface area contributed by atoms with E-state index < -0.39 is 0 Å². The van der Waals surface area contributed by atoms with Gasteiger partial charge in [-0.1, -0.05) is 103 Å². The predicted octanol–water partition coefficient (Wildman–Crippen LogP) is 8.14. The average Bonchev–Trinajstić information content (AvgIpc) is 2.56. The molecule has 0 atom stereocenters. The summed E-state index contributed by atoms with van der Waals surface area (Å²) in [5.74, 6) is 0. The molecule has 124 valence electrons. The van der Waals surface area contributed by atoms with E-state index in [0.717, 1.165) is 0 Å². The smallest absolute Gasteiger partial charge is 0.0106 e. The molecule has 0 amide bonds. The lowest BCUT2D eigenvalue weighted by Gasteiger charge is -2.07. The largest absolute Gasteiger partial charge is 0.0871 e. The maximum atomic E-state index is 2.18. The van der Waals surface area contributed by atoms with E-state index in [1.807, 2.05) is 27.7 Å². The highest BCUT2D eigenvalue weighted by Crippen LogP contribution is 2.25. The van der Waals surface area contributed by atoms with Gasteiger partial charge in [-0.2, -0.15) is 0 Å². The van der Waals surface area contributed by atoms with Crippen molar-refractivity contribution >= 4 is 16.3 Å². The molecule has 0 radical (unpaired) electrons. The highest BCUT2D eigenvalue weighted by atomic mass is 14.1. The van der Waals surface area contributed by atoms with Gasteiger partial charge in [-0.25, -0.2) is 0 Å². The van der Waals surface area contributed by atoms with Gasteiger partial charge < -0.3 is 0 Å². The molecule has 0 saturated carbocycles. The molecule has 0 N–H and O–H groups in total. The molecular formula is C22H36. The number of hydrogen-bond acceptors (Lipinski definition) is 0. The van der Waals surface area contributed by atoms with Crippen molar-refractivity contribution in [2.24, 2.45) is 0 Å². The van der Waals surface area contributed by atoms with Crippen LogP contribution in [-0.4, -0.2) is 0 Å². The van der Waals surface area contributed by atoms with Crippen LogP contribution in [-0.2, 0) is 0 Å². The molecule has 0 aliphatic rings. The second kappa shape index (κ2) is 15.6. The van der Waals surface area contributed by atoms with Crippen LogP contribution in [0.1, 0.15) is 62.0 Å². The summed E-state index contributed by atoms with van der Waals surface area (Å²) in [6.07, 6.45) is 6.39. The second-order valence-electron chi connectivity index (χ2n) is 3.77. The van der Waals surface area contributed by atoms with Crippen LogP contribution in [0, 0.1) is 0 Å². The molecule has 0 bridgehead atoms. The summed E-state index contributed by atoms with van der Waals surface area (Å²) in [6.45, 7) is 12.1. The third-order valence-electron chi connectivity index (χ3n) is 2.76. The lowest BCUT2D eigenvalue weighted by atomic mass is 9.98. The standard InChI is InChI=1S/C16H16.2C2H6.2CH4/c1-3-8-13(4-2)15-12-7-10-14-9-5-6-11-16(14)15;2*1-2;;/h3-12H,1-2H3;2*1-2H3;2*1H4/b8-3-,13-4+;;;;. The minimum absolute atomic E-state index is 0. The minimum atomic E-state index is 0. The van der Waals surface area contributed by atoms with Crippen LogP contribution in [0.25, 0.3) is 16.3 Å². The average molecular weight is 301 g/mol. The van der Waals surface area contributed by atoms with Crippen LogP contribution in [0.5, 0.6) is 0 Å². The molecule has 0 unspecified atom stereocenters. The van der Waals surface area contributed by atoms with E-state index in [0.29, 0.717) is 0 Å². The molecule has 22 heavy (non-hydrogen) atoms. The highest BCUT2D eigenvalue weighted by Gasteiger charge is 2.01.